The van der Waals surface area contributed by atoms with Gasteiger partial charge in [0.2, 0.25) is 5.91 Å². The van der Waals surface area contributed by atoms with Gasteiger partial charge in [0, 0.05) is 19.6 Å². The second-order valence-electron chi connectivity index (χ2n) is 4.54. The van der Waals surface area contributed by atoms with Crippen LogP contribution in [0.5, 0.6) is 0 Å². The molecule has 0 radical (unpaired) electrons. The molecule has 0 fully saturated rings. The van der Waals surface area contributed by atoms with Crippen molar-refractivity contribution in [3.8, 4) is 0 Å². The van der Waals surface area contributed by atoms with Crippen molar-refractivity contribution in [3.63, 3.8) is 0 Å². The predicted molar refractivity (Wildman–Crippen MR) is 72.0 cm³/mol. The molecule has 104 valence electrons. The average molecular weight is 287 g/mol. The number of rotatable bonds is 6. The summed E-state index contributed by atoms with van der Waals surface area (Å²) in [6.07, 6.45) is 0. The number of sulfone groups is 1. The molecule has 0 aromatic rings. The maximum atomic E-state index is 11.6. The Hall–Kier alpha value is -0.330. The third-order valence-electron chi connectivity index (χ3n) is 2.33. The van der Waals surface area contributed by atoms with E-state index >= 15 is 0 Å². The summed E-state index contributed by atoms with van der Waals surface area (Å²) >= 11 is 0. The van der Waals surface area contributed by atoms with Crippen LogP contribution in [0.3, 0.4) is 0 Å². The number of hydrogen-bond donors (Lipinski definition) is 1. The van der Waals surface area contributed by atoms with E-state index in [0.717, 1.165) is 0 Å². The number of nitrogens with two attached hydrogens (primary N) is 1. The van der Waals surface area contributed by atoms with Gasteiger partial charge in [-0.1, -0.05) is 13.8 Å². The second-order valence-corrected chi connectivity index (χ2v) is 6.65. The Labute approximate surface area is 110 Å². The van der Waals surface area contributed by atoms with Crippen LogP contribution < -0.4 is 5.73 Å². The molecule has 5 nitrogen and oxygen atoms in total. The van der Waals surface area contributed by atoms with Crippen molar-refractivity contribution < 1.29 is 13.2 Å². The Bertz CT molecular complexity index is 330. The highest BCUT2D eigenvalue weighted by Crippen LogP contribution is 2.03. The van der Waals surface area contributed by atoms with E-state index in [-0.39, 0.29) is 30.1 Å². The van der Waals surface area contributed by atoms with Crippen molar-refractivity contribution in [2.45, 2.75) is 26.8 Å². The minimum Gasteiger partial charge on any atom is -0.341 e. The minimum atomic E-state index is -3.30. The van der Waals surface area contributed by atoms with Crippen molar-refractivity contribution in [1.29, 1.82) is 0 Å². The van der Waals surface area contributed by atoms with Crippen LogP contribution in [0.25, 0.3) is 0 Å². The van der Waals surface area contributed by atoms with E-state index in [1.165, 1.54) is 4.90 Å². The van der Waals surface area contributed by atoms with Gasteiger partial charge in [0.1, 0.15) is 5.75 Å². The SMILES string of the molecule is CC(C)CS(=O)(=O)CC(=O)N(C)C(C)CN.Cl. The van der Waals surface area contributed by atoms with Crippen LogP contribution >= 0.6 is 12.4 Å². The quantitative estimate of drug-likeness (QED) is 0.761. The van der Waals surface area contributed by atoms with Gasteiger partial charge in [0.25, 0.3) is 0 Å². The van der Waals surface area contributed by atoms with Gasteiger partial charge in [-0.3, -0.25) is 4.79 Å². The molecule has 2 N–H and O–H groups in total. The number of hydrogen-bond acceptors (Lipinski definition) is 4. The molecule has 7 heteroatoms. The molecule has 1 atom stereocenters. The first-order chi connectivity index (χ1) is 7.19. The summed E-state index contributed by atoms with van der Waals surface area (Å²) in [7, 11) is -1.72. The lowest BCUT2D eigenvalue weighted by Crippen LogP contribution is -2.42. The molecule has 0 saturated heterocycles. The molecule has 0 aliphatic heterocycles. The first kappa shape index (κ1) is 19.0. The van der Waals surface area contributed by atoms with E-state index in [1.807, 2.05) is 13.8 Å². The van der Waals surface area contributed by atoms with Gasteiger partial charge in [-0.2, -0.15) is 0 Å². The normalized spacial score (nSPS) is 13.1. The molecular formula is C10H23ClN2O3S. The molecule has 1 amide bonds. The van der Waals surface area contributed by atoms with Gasteiger partial charge in [-0.05, 0) is 12.8 Å². The molecule has 17 heavy (non-hydrogen) atoms. The maximum absolute atomic E-state index is 11.6. The van der Waals surface area contributed by atoms with Crippen LogP contribution in [-0.4, -0.2) is 50.4 Å². The Balaban J connectivity index is 0. The highest BCUT2D eigenvalue weighted by Gasteiger charge is 2.22. The largest absolute Gasteiger partial charge is 0.341 e. The molecule has 1 unspecified atom stereocenters. The second kappa shape index (κ2) is 7.89. The zero-order valence-electron chi connectivity index (χ0n) is 10.8. The number of nitrogens with zero attached hydrogens (tertiary/aromatic N) is 1. The van der Waals surface area contributed by atoms with Gasteiger partial charge < -0.3 is 10.6 Å². The summed E-state index contributed by atoms with van der Waals surface area (Å²) in [6, 6.07) is -0.137. The fourth-order valence-electron chi connectivity index (χ4n) is 1.26. The van der Waals surface area contributed by atoms with E-state index in [2.05, 4.69) is 0 Å². The van der Waals surface area contributed by atoms with Crippen LogP contribution in [0.1, 0.15) is 20.8 Å². The molecular weight excluding hydrogens is 264 g/mol. The monoisotopic (exact) mass is 286 g/mol. The number of likely N-dealkylation sites (N-methyl/N-ethyl adjacent to an activating group) is 1. The van der Waals surface area contributed by atoms with Crippen LogP contribution in [0, 0.1) is 5.92 Å². The van der Waals surface area contributed by atoms with Crippen LogP contribution in [0.2, 0.25) is 0 Å². The first-order valence-corrected chi connectivity index (χ1v) is 7.18. The van der Waals surface area contributed by atoms with Crippen molar-refractivity contribution in [3.05, 3.63) is 0 Å². The Morgan fingerprint density at radius 1 is 1.29 bits per heavy atom. The maximum Gasteiger partial charge on any atom is 0.237 e. The van der Waals surface area contributed by atoms with Crippen molar-refractivity contribution in [2.24, 2.45) is 11.7 Å². The smallest absolute Gasteiger partial charge is 0.237 e. The van der Waals surface area contributed by atoms with Crippen LogP contribution in [0.4, 0.5) is 0 Å². The number of amides is 1. The molecule has 0 aromatic carbocycles. The van der Waals surface area contributed by atoms with Gasteiger partial charge in [0.05, 0.1) is 5.75 Å². The van der Waals surface area contributed by atoms with Crippen molar-refractivity contribution in [2.75, 3.05) is 25.1 Å². The molecule has 0 aromatic heterocycles. The molecule has 0 heterocycles. The number of carbonyl (C=O) groups is 1. The summed E-state index contributed by atoms with van der Waals surface area (Å²) in [5.41, 5.74) is 5.41. The van der Waals surface area contributed by atoms with E-state index < -0.39 is 21.5 Å². The van der Waals surface area contributed by atoms with E-state index in [1.54, 1.807) is 14.0 Å². The summed E-state index contributed by atoms with van der Waals surface area (Å²) in [5, 5.41) is 0. The lowest BCUT2D eigenvalue weighted by Gasteiger charge is -2.23. The molecule has 0 bridgehead atoms. The van der Waals surface area contributed by atoms with Gasteiger partial charge in [0.15, 0.2) is 9.84 Å². The highest BCUT2D eigenvalue weighted by atomic mass is 35.5. The highest BCUT2D eigenvalue weighted by molar-refractivity contribution is 7.92. The van der Waals surface area contributed by atoms with Gasteiger partial charge in [-0.15, -0.1) is 12.4 Å². The van der Waals surface area contributed by atoms with Crippen LogP contribution in [-0.2, 0) is 14.6 Å². The summed E-state index contributed by atoms with van der Waals surface area (Å²) in [6.45, 7) is 5.74. The standard InChI is InChI=1S/C10H22N2O3S.ClH/c1-8(2)6-16(14,15)7-10(13)12(4)9(3)5-11;/h8-9H,5-7,11H2,1-4H3;1H. The van der Waals surface area contributed by atoms with Gasteiger partial charge in [-0.25, -0.2) is 8.42 Å². The third-order valence-corrected chi connectivity index (χ3v) is 4.19. The fourth-order valence-corrected chi connectivity index (χ4v) is 2.97. The van der Waals surface area contributed by atoms with E-state index in [9.17, 15) is 13.2 Å². The van der Waals surface area contributed by atoms with Crippen LogP contribution in [0.15, 0.2) is 0 Å². The Kier molecular flexibility index (Phi) is 8.83. The summed E-state index contributed by atoms with van der Waals surface area (Å²) < 4.78 is 23.2. The molecule has 0 aliphatic carbocycles. The third kappa shape index (κ3) is 7.57. The summed E-state index contributed by atoms with van der Waals surface area (Å²) in [4.78, 5) is 13.0. The number of carbonyl (C=O) groups excluding carboxylic acids is 1. The number of halogens is 1. The topological polar surface area (TPSA) is 80.5 Å². The lowest BCUT2D eigenvalue weighted by atomic mass is 10.3. The van der Waals surface area contributed by atoms with Gasteiger partial charge >= 0.3 is 0 Å². The minimum absolute atomic E-state index is 0. The average Bonchev–Trinajstić information content (AvgIpc) is 2.12. The Morgan fingerprint density at radius 2 is 1.76 bits per heavy atom. The lowest BCUT2D eigenvalue weighted by molar-refractivity contribution is -0.128. The predicted octanol–water partition coefficient (Wildman–Crippen LogP) is 0.285. The van der Waals surface area contributed by atoms with Crippen molar-refractivity contribution >= 4 is 28.2 Å². The molecule has 0 spiro atoms. The molecule has 0 saturated carbocycles. The molecule has 0 aliphatic rings. The zero-order chi connectivity index (χ0) is 12.9. The van der Waals surface area contributed by atoms with Crippen molar-refractivity contribution in [1.82, 2.24) is 4.90 Å². The molecule has 0 rings (SSSR count). The zero-order valence-corrected chi connectivity index (χ0v) is 12.5. The van der Waals surface area contributed by atoms with E-state index in [0.29, 0.717) is 6.54 Å². The fraction of sp³-hybridized carbons (Fsp3) is 0.900. The Morgan fingerprint density at radius 3 is 2.12 bits per heavy atom. The first-order valence-electron chi connectivity index (χ1n) is 5.35. The van der Waals surface area contributed by atoms with E-state index in [4.69, 9.17) is 5.73 Å². The summed E-state index contributed by atoms with van der Waals surface area (Å²) in [5.74, 6) is -0.732.